The van der Waals surface area contributed by atoms with E-state index >= 15 is 0 Å². The van der Waals surface area contributed by atoms with Crippen molar-refractivity contribution in [2.75, 3.05) is 11.7 Å². The van der Waals surface area contributed by atoms with Crippen LogP contribution >= 0.6 is 24.0 Å². The molecule has 2 aliphatic heterocycles. The summed E-state index contributed by atoms with van der Waals surface area (Å²) in [5.74, 6) is 1.18. The zero-order valence-electron chi connectivity index (χ0n) is 15.0. The molecule has 7 heteroatoms. The molecule has 0 unspecified atom stereocenters. The van der Waals surface area contributed by atoms with Crippen molar-refractivity contribution in [2.45, 2.75) is 13.5 Å². The van der Waals surface area contributed by atoms with Crippen molar-refractivity contribution in [3.05, 3.63) is 59.1 Å². The van der Waals surface area contributed by atoms with E-state index in [1.54, 1.807) is 17.0 Å². The lowest BCUT2D eigenvalue weighted by atomic mass is 10.1. The second kappa shape index (κ2) is 6.68. The number of nitrogens with zero attached hydrogens (tertiary/aromatic N) is 2. The number of thioether (sulfide) groups is 1. The molecule has 0 bridgehead atoms. The first kappa shape index (κ1) is 17.3. The zero-order chi connectivity index (χ0) is 19.3. The van der Waals surface area contributed by atoms with Crippen LogP contribution in [0.3, 0.4) is 0 Å². The topological polar surface area (TPSA) is 43.7 Å². The summed E-state index contributed by atoms with van der Waals surface area (Å²) < 4.78 is 13.5. The Bertz CT molecular complexity index is 1170. The summed E-state index contributed by atoms with van der Waals surface area (Å²) in [5.41, 5.74) is 2.86. The van der Waals surface area contributed by atoms with Gasteiger partial charge in [0.2, 0.25) is 6.79 Å². The number of hydrogen-bond acceptors (Lipinski definition) is 5. The average molecular weight is 409 g/mol. The van der Waals surface area contributed by atoms with Gasteiger partial charge in [-0.25, -0.2) is 0 Å². The van der Waals surface area contributed by atoms with E-state index in [9.17, 15) is 4.79 Å². The third-order valence-electron chi connectivity index (χ3n) is 4.85. The Morgan fingerprint density at radius 3 is 2.86 bits per heavy atom. The van der Waals surface area contributed by atoms with Gasteiger partial charge in [0.05, 0.1) is 10.6 Å². The molecule has 1 aromatic heterocycles. The van der Waals surface area contributed by atoms with E-state index in [-0.39, 0.29) is 12.7 Å². The molecule has 5 rings (SSSR count). The lowest BCUT2D eigenvalue weighted by molar-refractivity contribution is -0.113. The van der Waals surface area contributed by atoms with Crippen molar-refractivity contribution in [1.29, 1.82) is 0 Å². The van der Waals surface area contributed by atoms with Gasteiger partial charge < -0.3 is 14.0 Å². The van der Waals surface area contributed by atoms with Gasteiger partial charge in [0.15, 0.2) is 15.8 Å². The van der Waals surface area contributed by atoms with Crippen LogP contribution in [0.25, 0.3) is 17.0 Å². The summed E-state index contributed by atoms with van der Waals surface area (Å²) in [6, 6.07) is 13.6. The highest BCUT2D eigenvalue weighted by molar-refractivity contribution is 8.27. The van der Waals surface area contributed by atoms with Gasteiger partial charge in [0.1, 0.15) is 0 Å². The Hall–Kier alpha value is -2.77. The highest BCUT2D eigenvalue weighted by Crippen LogP contribution is 2.41. The van der Waals surface area contributed by atoms with Crippen LogP contribution < -0.4 is 14.4 Å². The van der Waals surface area contributed by atoms with Crippen molar-refractivity contribution in [2.24, 2.45) is 0 Å². The minimum Gasteiger partial charge on any atom is -0.454 e. The number of hydrogen-bond donors (Lipinski definition) is 0. The molecule has 0 N–H and O–H groups in total. The number of para-hydroxylation sites is 1. The number of aryl methyl sites for hydroxylation is 1. The number of thiocarbonyl (C=S) groups is 1. The minimum atomic E-state index is -0.123. The summed E-state index contributed by atoms with van der Waals surface area (Å²) in [6.07, 6.45) is 4.01. The molecule has 1 fully saturated rings. The quantitative estimate of drug-likeness (QED) is 0.460. The number of amides is 1. The molecule has 2 aliphatic rings. The number of fused-ring (bicyclic) bond motifs is 2. The highest BCUT2D eigenvalue weighted by Gasteiger charge is 2.34. The standard InChI is InChI=1S/C21H16N2O3S2/c1-2-22-11-13(15-5-3-4-6-16(15)22)9-19-20(24)23(21(27)28-19)14-7-8-17-18(10-14)26-12-25-17/h3-11H,2,12H2,1H3/b19-9-. The second-order valence-electron chi connectivity index (χ2n) is 6.44. The number of aromatic nitrogens is 1. The predicted octanol–water partition coefficient (Wildman–Crippen LogP) is 4.80. The Balaban J connectivity index is 1.53. The third kappa shape index (κ3) is 2.70. The number of anilines is 1. The van der Waals surface area contributed by atoms with Crippen molar-refractivity contribution in [1.82, 2.24) is 4.57 Å². The molecule has 5 nitrogen and oxygen atoms in total. The first-order chi connectivity index (χ1) is 13.7. The molecule has 0 spiro atoms. The summed E-state index contributed by atoms with van der Waals surface area (Å²) in [7, 11) is 0. The van der Waals surface area contributed by atoms with E-state index in [1.165, 1.54) is 11.8 Å². The molecular formula is C21H16N2O3S2. The van der Waals surface area contributed by atoms with Gasteiger partial charge in [-0.05, 0) is 31.2 Å². The van der Waals surface area contributed by atoms with E-state index in [4.69, 9.17) is 21.7 Å². The van der Waals surface area contributed by atoms with Crippen molar-refractivity contribution < 1.29 is 14.3 Å². The first-order valence-electron chi connectivity index (χ1n) is 8.91. The first-order valence-corrected chi connectivity index (χ1v) is 10.1. The lowest BCUT2D eigenvalue weighted by Crippen LogP contribution is -2.27. The number of carbonyl (C=O) groups excluding carboxylic acids is 1. The fourth-order valence-corrected chi connectivity index (χ4v) is 4.80. The van der Waals surface area contributed by atoms with Crippen LogP contribution in [-0.4, -0.2) is 21.6 Å². The molecule has 0 atom stereocenters. The molecule has 0 radical (unpaired) electrons. The largest absolute Gasteiger partial charge is 0.454 e. The van der Waals surface area contributed by atoms with Crippen LogP contribution in [0, 0.1) is 0 Å². The normalized spacial score (nSPS) is 17.3. The second-order valence-corrected chi connectivity index (χ2v) is 8.12. The maximum Gasteiger partial charge on any atom is 0.270 e. The van der Waals surface area contributed by atoms with E-state index in [0.717, 1.165) is 23.0 Å². The van der Waals surface area contributed by atoms with Gasteiger partial charge in [0.25, 0.3) is 5.91 Å². The van der Waals surface area contributed by atoms with E-state index in [1.807, 2.05) is 24.3 Å². The average Bonchev–Trinajstić information content (AvgIpc) is 3.38. The van der Waals surface area contributed by atoms with E-state index < -0.39 is 0 Å². The van der Waals surface area contributed by atoms with Gasteiger partial charge in [-0.1, -0.05) is 42.2 Å². The maximum absolute atomic E-state index is 13.1. The number of benzene rings is 2. The molecule has 0 aliphatic carbocycles. The summed E-state index contributed by atoms with van der Waals surface area (Å²) in [4.78, 5) is 15.3. The molecule has 3 heterocycles. The molecule has 140 valence electrons. The molecule has 0 saturated carbocycles. The molecule has 28 heavy (non-hydrogen) atoms. The summed E-state index contributed by atoms with van der Waals surface area (Å²) in [5, 5.41) is 1.12. The molecule has 1 saturated heterocycles. The van der Waals surface area contributed by atoms with Gasteiger partial charge in [-0.15, -0.1) is 0 Å². The number of rotatable bonds is 3. The van der Waals surface area contributed by atoms with E-state index in [2.05, 4.69) is 29.8 Å². The van der Waals surface area contributed by atoms with Crippen molar-refractivity contribution in [3.63, 3.8) is 0 Å². The summed E-state index contributed by atoms with van der Waals surface area (Å²) in [6.45, 7) is 3.17. The van der Waals surface area contributed by atoms with Crippen LogP contribution in [0.1, 0.15) is 12.5 Å². The van der Waals surface area contributed by atoms with Crippen LogP contribution in [0.5, 0.6) is 11.5 Å². The fourth-order valence-electron chi connectivity index (χ4n) is 3.51. The number of carbonyl (C=O) groups is 1. The SMILES string of the molecule is CCn1cc(/C=C2\SC(=S)N(c3ccc4c(c3)OCO4)C2=O)c2ccccc21. The minimum absolute atomic E-state index is 0.123. The highest BCUT2D eigenvalue weighted by atomic mass is 32.2. The van der Waals surface area contributed by atoms with Gasteiger partial charge in [0, 0.05) is 35.3 Å². The van der Waals surface area contributed by atoms with Gasteiger partial charge in [-0.3, -0.25) is 9.69 Å². The van der Waals surface area contributed by atoms with Crippen LogP contribution in [0.2, 0.25) is 0 Å². The van der Waals surface area contributed by atoms with Gasteiger partial charge >= 0.3 is 0 Å². The van der Waals surface area contributed by atoms with Crippen molar-refractivity contribution >= 4 is 56.9 Å². The fraction of sp³-hybridized carbons (Fsp3) is 0.143. The lowest BCUT2D eigenvalue weighted by Gasteiger charge is -2.14. The zero-order valence-corrected chi connectivity index (χ0v) is 16.7. The Labute approximate surface area is 171 Å². The van der Waals surface area contributed by atoms with Crippen LogP contribution in [0.15, 0.2) is 53.6 Å². The molecule has 3 aromatic rings. The molecule has 2 aromatic carbocycles. The number of ether oxygens (including phenoxy) is 2. The Morgan fingerprint density at radius 2 is 2.00 bits per heavy atom. The summed E-state index contributed by atoms with van der Waals surface area (Å²) >= 11 is 6.81. The van der Waals surface area contributed by atoms with Crippen LogP contribution in [0.4, 0.5) is 5.69 Å². The van der Waals surface area contributed by atoms with Crippen molar-refractivity contribution in [3.8, 4) is 11.5 Å². The molecular weight excluding hydrogens is 392 g/mol. The smallest absolute Gasteiger partial charge is 0.270 e. The Kier molecular flexibility index (Phi) is 4.14. The predicted molar refractivity (Wildman–Crippen MR) is 116 cm³/mol. The monoisotopic (exact) mass is 408 g/mol. The van der Waals surface area contributed by atoms with E-state index in [0.29, 0.717) is 26.4 Å². The molecule has 1 amide bonds. The maximum atomic E-state index is 13.1. The van der Waals surface area contributed by atoms with Crippen LogP contribution in [-0.2, 0) is 11.3 Å². The Morgan fingerprint density at radius 1 is 1.18 bits per heavy atom. The van der Waals surface area contributed by atoms with Gasteiger partial charge in [-0.2, -0.15) is 0 Å². The third-order valence-corrected chi connectivity index (χ3v) is 6.16.